The van der Waals surface area contributed by atoms with Gasteiger partial charge in [0.2, 0.25) is 0 Å². The third kappa shape index (κ3) is 5.26. The first-order valence-corrected chi connectivity index (χ1v) is 7.27. The zero-order chi connectivity index (χ0) is 15.5. The highest BCUT2D eigenvalue weighted by atomic mass is 35.5. The number of nitrogens with zero attached hydrogens (tertiary/aromatic N) is 1. The van der Waals surface area contributed by atoms with Crippen LogP contribution in [0.15, 0.2) is 6.07 Å². The molecule has 0 spiro atoms. The van der Waals surface area contributed by atoms with E-state index < -0.39 is 10.5 Å². The van der Waals surface area contributed by atoms with Crippen molar-refractivity contribution in [1.29, 1.82) is 0 Å². The Hall–Kier alpha value is -1.18. The molecular formula is C13H22ClN3O3S. The maximum absolute atomic E-state index is 12.2. The lowest BCUT2D eigenvalue weighted by atomic mass is 9.90. The van der Waals surface area contributed by atoms with Crippen LogP contribution in [0.1, 0.15) is 41.7 Å². The van der Waals surface area contributed by atoms with Crippen LogP contribution in [0.5, 0.6) is 0 Å². The van der Waals surface area contributed by atoms with Crippen molar-refractivity contribution in [3.05, 3.63) is 25.9 Å². The number of nitrogens with two attached hydrogens (primary N) is 1. The van der Waals surface area contributed by atoms with Gasteiger partial charge in [-0.15, -0.1) is 23.7 Å². The van der Waals surface area contributed by atoms with Crippen LogP contribution >= 0.6 is 23.7 Å². The monoisotopic (exact) mass is 335 g/mol. The van der Waals surface area contributed by atoms with Crippen molar-refractivity contribution in [1.82, 2.24) is 5.32 Å². The van der Waals surface area contributed by atoms with Gasteiger partial charge in [0.1, 0.15) is 0 Å². The Morgan fingerprint density at radius 2 is 2.14 bits per heavy atom. The van der Waals surface area contributed by atoms with Crippen molar-refractivity contribution in [2.45, 2.75) is 39.7 Å². The fourth-order valence-corrected chi connectivity index (χ4v) is 3.07. The number of nitrogens with one attached hydrogen (secondary N) is 1. The van der Waals surface area contributed by atoms with Crippen LogP contribution in [0.4, 0.5) is 5.69 Å². The first-order valence-electron chi connectivity index (χ1n) is 6.46. The zero-order valence-electron chi connectivity index (χ0n) is 12.6. The van der Waals surface area contributed by atoms with E-state index in [1.165, 1.54) is 6.07 Å². The molecule has 21 heavy (non-hydrogen) atoms. The molecule has 1 atom stereocenters. The van der Waals surface area contributed by atoms with E-state index in [2.05, 4.69) is 19.2 Å². The minimum atomic E-state index is -0.502. The number of carbonyl (C=O) groups excluding carboxylic acids is 1. The van der Waals surface area contributed by atoms with Gasteiger partial charge in [-0.25, -0.2) is 0 Å². The molecule has 1 amide bonds. The maximum Gasteiger partial charge on any atom is 0.283 e. The molecule has 1 unspecified atom stereocenters. The molecule has 6 nitrogen and oxygen atoms in total. The van der Waals surface area contributed by atoms with Gasteiger partial charge >= 0.3 is 0 Å². The number of thiophene rings is 1. The number of hydrogen-bond acceptors (Lipinski definition) is 5. The van der Waals surface area contributed by atoms with E-state index in [4.69, 9.17) is 5.73 Å². The molecule has 3 N–H and O–H groups in total. The number of hydrogen-bond donors (Lipinski definition) is 2. The van der Waals surface area contributed by atoms with Crippen molar-refractivity contribution < 1.29 is 9.72 Å². The Morgan fingerprint density at radius 1 is 1.57 bits per heavy atom. The van der Waals surface area contributed by atoms with Gasteiger partial charge in [0.05, 0.1) is 20.2 Å². The molecule has 1 aromatic rings. The summed E-state index contributed by atoms with van der Waals surface area (Å²) in [7, 11) is 0. The molecule has 0 saturated heterocycles. The van der Waals surface area contributed by atoms with E-state index in [1.54, 1.807) is 6.92 Å². The number of rotatable bonds is 6. The predicted molar refractivity (Wildman–Crippen MR) is 87.3 cm³/mol. The number of aryl methyl sites for hydroxylation is 1. The molecule has 0 saturated carbocycles. The van der Waals surface area contributed by atoms with E-state index in [-0.39, 0.29) is 24.0 Å². The van der Waals surface area contributed by atoms with Crippen LogP contribution in [0, 0.1) is 23.0 Å². The predicted octanol–water partition coefficient (Wildman–Crippen LogP) is 2.88. The molecule has 1 rings (SSSR count). The molecule has 120 valence electrons. The Labute approximate surface area is 134 Å². The standard InChI is InChI=1S/C13H21N3O3S.ClH/c1-8(2)6-13(4,7-14)15-12(17)11-5-10(16(18)19)9(3)20-11;/h5,8H,6-7,14H2,1-4H3,(H,15,17);1H. The molecule has 0 aliphatic rings. The van der Waals surface area contributed by atoms with Gasteiger partial charge in [0, 0.05) is 12.6 Å². The van der Waals surface area contributed by atoms with Gasteiger partial charge in [-0.3, -0.25) is 14.9 Å². The van der Waals surface area contributed by atoms with Crippen molar-refractivity contribution in [3.63, 3.8) is 0 Å². The quantitative estimate of drug-likeness (QED) is 0.616. The summed E-state index contributed by atoms with van der Waals surface area (Å²) in [6, 6.07) is 1.32. The summed E-state index contributed by atoms with van der Waals surface area (Å²) in [4.78, 5) is 23.4. The largest absolute Gasteiger partial charge is 0.345 e. The molecule has 8 heteroatoms. The Kier molecular flexibility index (Phi) is 7.29. The first-order chi connectivity index (χ1) is 9.18. The molecule has 0 bridgehead atoms. The van der Waals surface area contributed by atoms with Crippen LogP contribution in [0.3, 0.4) is 0 Å². The number of carbonyl (C=O) groups is 1. The Bertz CT molecular complexity index is 519. The van der Waals surface area contributed by atoms with Crippen LogP contribution in [-0.2, 0) is 0 Å². The molecular weight excluding hydrogens is 314 g/mol. The highest BCUT2D eigenvalue weighted by Gasteiger charge is 2.28. The third-order valence-corrected chi connectivity index (χ3v) is 4.08. The number of amides is 1. The lowest BCUT2D eigenvalue weighted by Gasteiger charge is -2.30. The lowest BCUT2D eigenvalue weighted by Crippen LogP contribution is -2.52. The molecule has 0 aliphatic carbocycles. The van der Waals surface area contributed by atoms with E-state index >= 15 is 0 Å². The van der Waals surface area contributed by atoms with E-state index in [0.29, 0.717) is 22.2 Å². The van der Waals surface area contributed by atoms with E-state index in [0.717, 1.165) is 17.8 Å². The second-order valence-corrected chi connectivity index (χ2v) is 6.88. The van der Waals surface area contributed by atoms with Crippen LogP contribution in [0.25, 0.3) is 0 Å². The van der Waals surface area contributed by atoms with Gasteiger partial charge in [-0.1, -0.05) is 13.8 Å². The fourth-order valence-electron chi connectivity index (χ4n) is 2.19. The summed E-state index contributed by atoms with van der Waals surface area (Å²) in [6.07, 6.45) is 0.752. The number of nitro groups is 1. The summed E-state index contributed by atoms with van der Waals surface area (Å²) in [5.41, 5.74) is 5.23. The van der Waals surface area contributed by atoms with Crippen molar-refractivity contribution >= 4 is 35.3 Å². The first kappa shape index (κ1) is 19.8. The van der Waals surface area contributed by atoms with Crippen molar-refractivity contribution in [3.8, 4) is 0 Å². The summed E-state index contributed by atoms with van der Waals surface area (Å²) < 4.78 is 0. The minimum absolute atomic E-state index is 0. The Balaban J connectivity index is 0.00000400. The topological polar surface area (TPSA) is 98.3 Å². The average molecular weight is 336 g/mol. The SMILES string of the molecule is Cc1sc(C(=O)NC(C)(CN)CC(C)C)cc1[N+](=O)[O-].Cl. The van der Waals surface area contributed by atoms with E-state index in [9.17, 15) is 14.9 Å². The van der Waals surface area contributed by atoms with Gasteiger partial charge < -0.3 is 11.1 Å². The van der Waals surface area contributed by atoms with Gasteiger partial charge in [-0.2, -0.15) is 0 Å². The molecule has 0 aromatic carbocycles. The second kappa shape index (κ2) is 7.72. The third-order valence-electron chi connectivity index (χ3n) is 3.04. The van der Waals surface area contributed by atoms with Gasteiger partial charge in [0.25, 0.3) is 11.6 Å². The molecule has 1 aromatic heterocycles. The Morgan fingerprint density at radius 3 is 2.52 bits per heavy atom. The smallest absolute Gasteiger partial charge is 0.283 e. The summed E-state index contributed by atoms with van der Waals surface area (Å²) in [5.74, 6) is 0.0862. The van der Waals surface area contributed by atoms with Crippen molar-refractivity contribution in [2.24, 2.45) is 11.7 Å². The molecule has 1 heterocycles. The molecule has 0 radical (unpaired) electrons. The maximum atomic E-state index is 12.2. The lowest BCUT2D eigenvalue weighted by molar-refractivity contribution is -0.385. The highest BCUT2D eigenvalue weighted by molar-refractivity contribution is 7.14. The minimum Gasteiger partial charge on any atom is -0.345 e. The molecule has 0 aliphatic heterocycles. The fraction of sp³-hybridized carbons (Fsp3) is 0.615. The zero-order valence-corrected chi connectivity index (χ0v) is 14.3. The molecule has 0 fully saturated rings. The van der Waals surface area contributed by atoms with Crippen LogP contribution < -0.4 is 11.1 Å². The normalized spacial score (nSPS) is 13.4. The highest BCUT2D eigenvalue weighted by Crippen LogP contribution is 2.28. The van der Waals surface area contributed by atoms with Gasteiger partial charge in [0.15, 0.2) is 0 Å². The summed E-state index contributed by atoms with van der Waals surface area (Å²) >= 11 is 1.13. The average Bonchev–Trinajstić information content (AvgIpc) is 2.70. The second-order valence-electron chi connectivity index (χ2n) is 5.63. The summed E-state index contributed by atoms with van der Waals surface area (Å²) in [6.45, 7) is 7.96. The van der Waals surface area contributed by atoms with Crippen molar-refractivity contribution in [2.75, 3.05) is 6.54 Å². The van der Waals surface area contributed by atoms with Crippen LogP contribution in [0.2, 0.25) is 0 Å². The summed E-state index contributed by atoms with van der Waals surface area (Å²) in [5, 5.41) is 13.7. The number of halogens is 1. The van der Waals surface area contributed by atoms with Crippen LogP contribution in [-0.4, -0.2) is 22.9 Å². The van der Waals surface area contributed by atoms with E-state index in [1.807, 2.05) is 6.92 Å². The van der Waals surface area contributed by atoms with Gasteiger partial charge in [-0.05, 0) is 26.2 Å².